The molecule has 0 fully saturated rings. The van der Waals surface area contributed by atoms with E-state index in [-0.39, 0.29) is 21.1 Å². The second kappa shape index (κ2) is 9.24. The molecule has 0 saturated heterocycles. The SMILES string of the molecule is Cc1cccnc1Oc1[c-]c(-c2[c-]c3c(cc2)c2ccccc2n3-c2ccccn2)ccc1.[Pt+2]. The zero-order valence-corrected chi connectivity index (χ0v) is 20.6. The van der Waals surface area contributed by atoms with Crippen molar-refractivity contribution in [1.82, 2.24) is 14.5 Å². The number of nitrogens with zero attached hydrogens (tertiary/aromatic N) is 3. The topological polar surface area (TPSA) is 39.9 Å². The fraction of sp³-hybridized carbons (Fsp3) is 0.0345. The number of fused-ring (bicyclic) bond motifs is 3. The summed E-state index contributed by atoms with van der Waals surface area (Å²) in [5.41, 5.74) is 4.90. The van der Waals surface area contributed by atoms with Gasteiger partial charge in [0.05, 0.1) is 0 Å². The van der Waals surface area contributed by atoms with Gasteiger partial charge >= 0.3 is 21.1 Å². The smallest absolute Gasteiger partial charge is 0.460 e. The van der Waals surface area contributed by atoms with Gasteiger partial charge in [-0.25, -0.2) is 21.1 Å². The zero-order chi connectivity index (χ0) is 22.2. The van der Waals surface area contributed by atoms with Crippen LogP contribution in [0.5, 0.6) is 11.6 Å². The van der Waals surface area contributed by atoms with E-state index in [0.717, 1.165) is 38.9 Å². The van der Waals surface area contributed by atoms with Gasteiger partial charge in [-0.05, 0) is 42.1 Å². The largest absolute Gasteiger partial charge is 2.00 e. The van der Waals surface area contributed by atoms with Crippen molar-refractivity contribution in [2.45, 2.75) is 6.92 Å². The number of para-hydroxylation sites is 1. The van der Waals surface area contributed by atoms with Crippen LogP contribution in [0.3, 0.4) is 0 Å². The number of ether oxygens (including phenoxy) is 1. The van der Waals surface area contributed by atoms with Crippen molar-refractivity contribution in [3.63, 3.8) is 0 Å². The maximum atomic E-state index is 6.00. The molecule has 3 aromatic carbocycles. The summed E-state index contributed by atoms with van der Waals surface area (Å²) in [7, 11) is 0. The first-order valence-electron chi connectivity index (χ1n) is 10.8. The van der Waals surface area contributed by atoms with Crippen LogP contribution < -0.4 is 4.74 Å². The minimum Gasteiger partial charge on any atom is -0.460 e. The van der Waals surface area contributed by atoms with Crippen LogP contribution >= 0.6 is 0 Å². The molecule has 6 rings (SSSR count). The molecule has 0 N–H and O–H groups in total. The number of rotatable bonds is 4. The van der Waals surface area contributed by atoms with Gasteiger partial charge in [-0.3, -0.25) is 0 Å². The van der Waals surface area contributed by atoms with Gasteiger partial charge in [0.25, 0.3) is 0 Å². The number of aryl methyl sites for hydroxylation is 1. The number of pyridine rings is 2. The molecule has 0 atom stereocenters. The van der Waals surface area contributed by atoms with Gasteiger partial charge in [0, 0.05) is 29.2 Å². The fourth-order valence-electron chi connectivity index (χ4n) is 4.12. The van der Waals surface area contributed by atoms with Crippen molar-refractivity contribution < 1.29 is 25.8 Å². The van der Waals surface area contributed by atoms with E-state index in [0.29, 0.717) is 11.6 Å². The molecule has 0 bridgehead atoms. The average molecular weight is 621 g/mol. The third-order valence-corrected chi connectivity index (χ3v) is 5.69. The van der Waals surface area contributed by atoms with E-state index >= 15 is 0 Å². The average Bonchev–Trinajstić information content (AvgIpc) is 3.20. The standard InChI is InChI=1S/C29H19N3O.Pt/c1-20-8-7-17-31-29(20)33-23-10-6-9-21(18-23)22-14-15-25-24-11-2-3-12-26(24)32(27(25)19-22)28-13-4-5-16-30-28;/h2-17H,1H3;/q-2;+2. The van der Waals surface area contributed by atoms with Crippen molar-refractivity contribution in [3.05, 3.63) is 115 Å². The van der Waals surface area contributed by atoms with Crippen molar-refractivity contribution >= 4 is 21.8 Å². The van der Waals surface area contributed by atoms with Gasteiger partial charge in [-0.2, -0.15) is 24.3 Å². The Kier molecular flexibility index (Phi) is 6.00. The minimum atomic E-state index is 0. The van der Waals surface area contributed by atoms with Crippen LogP contribution in [0.1, 0.15) is 5.56 Å². The van der Waals surface area contributed by atoms with Crippen LogP contribution in [0.25, 0.3) is 38.8 Å². The third kappa shape index (κ3) is 3.91. The fourth-order valence-corrected chi connectivity index (χ4v) is 4.12. The minimum absolute atomic E-state index is 0. The molecule has 3 heterocycles. The Bertz CT molecular complexity index is 1610. The Morgan fingerprint density at radius 2 is 1.53 bits per heavy atom. The van der Waals surface area contributed by atoms with Crippen molar-refractivity contribution in [3.8, 4) is 28.6 Å². The Hall–Kier alpha value is -3.75. The van der Waals surface area contributed by atoms with Crippen LogP contribution in [0.4, 0.5) is 0 Å². The molecule has 3 aromatic heterocycles. The molecule has 0 amide bonds. The summed E-state index contributed by atoms with van der Waals surface area (Å²) >= 11 is 0. The normalized spacial score (nSPS) is 10.9. The van der Waals surface area contributed by atoms with Crippen LogP contribution in [0.2, 0.25) is 0 Å². The predicted octanol–water partition coefficient (Wildman–Crippen LogP) is 6.94. The summed E-state index contributed by atoms with van der Waals surface area (Å²) < 4.78 is 8.16. The van der Waals surface area contributed by atoms with E-state index in [1.807, 2.05) is 61.7 Å². The molecule has 0 aliphatic rings. The Balaban J connectivity index is 0.00000241. The Morgan fingerprint density at radius 3 is 2.38 bits per heavy atom. The van der Waals surface area contributed by atoms with Gasteiger partial charge in [0.1, 0.15) is 5.82 Å². The summed E-state index contributed by atoms with van der Waals surface area (Å²) in [6.45, 7) is 1.98. The zero-order valence-electron chi connectivity index (χ0n) is 18.3. The molecule has 0 unspecified atom stereocenters. The van der Waals surface area contributed by atoms with E-state index in [2.05, 4.69) is 63.1 Å². The Labute approximate surface area is 212 Å². The molecule has 0 saturated carbocycles. The van der Waals surface area contributed by atoms with Gasteiger partial charge in [-0.1, -0.05) is 35.7 Å². The molecular formula is C29H19N3OPt. The van der Waals surface area contributed by atoms with Gasteiger partial charge in [0.15, 0.2) is 0 Å². The maximum absolute atomic E-state index is 6.00. The summed E-state index contributed by atoms with van der Waals surface area (Å²) in [6.07, 6.45) is 3.54. The number of aromatic nitrogens is 3. The van der Waals surface area contributed by atoms with Gasteiger partial charge < -0.3 is 9.30 Å². The number of benzene rings is 3. The summed E-state index contributed by atoms with van der Waals surface area (Å²) in [5, 5.41) is 2.31. The molecule has 5 heteroatoms. The number of hydrogen-bond donors (Lipinski definition) is 0. The first-order valence-corrected chi connectivity index (χ1v) is 10.8. The van der Waals surface area contributed by atoms with Gasteiger partial charge in [-0.15, -0.1) is 18.2 Å². The summed E-state index contributed by atoms with van der Waals surface area (Å²) in [6, 6.07) is 35.3. The van der Waals surface area contributed by atoms with E-state index in [9.17, 15) is 0 Å². The van der Waals surface area contributed by atoms with E-state index < -0.39 is 0 Å². The van der Waals surface area contributed by atoms with Crippen LogP contribution in [0, 0.1) is 19.1 Å². The molecule has 34 heavy (non-hydrogen) atoms. The predicted molar refractivity (Wildman–Crippen MR) is 131 cm³/mol. The monoisotopic (exact) mass is 620 g/mol. The third-order valence-electron chi connectivity index (χ3n) is 5.69. The first-order chi connectivity index (χ1) is 16.3. The Morgan fingerprint density at radius 1 is 0.706 bits per heavy atom. The van der Waals surface area contributed by atoms with Crippen LogP contribution in [-0.2, 0) is 21.1 Å². The van der Waals surface area contributed by atoms with Gasteiger partial charge in [0.2, 0.25) is 5.88 Å². The van der Waals surface area contributed by atoms with Crippen molar-refractivity contribution in [2.75, 3.05) is 0 Å². The molecule has 0 aliphatic carbocycles. The van der Waals surface area contributed by atoms with Crippen molar-refractivity contribution in [1.29, 1.82) is 0 Å². The molecule has 4 nitrogen and oxygen atoms in total. The van der Waals surface area contributed by atoms with E-state index in [1.165, 1.54) is 5.39 Å². The quantitative estimate of drug-likeness (QED) is 0.201. The molecule has 0 spiro atoms. The maximum Gasteiger partial charge on any atom is 2.00 e. The molecule has 6 aromatic rings. The first kappa shape index (κ1) is 22.1. The second-order valence-electron chi connectivity index (χ2n) is 7.83. The van der Waals surface area contributed by atoms with Crippen molar-refractivity contribution in [2.24, 2.45) is 0 Å². The summed E-state index contributed by atoms with van der Waals surface area (Å²) in [4.78, 5) is 8.93. The molecule has 0 aliphatic heterocycles. The molecule has 0 radical (unpaired) electrons. The molecular weight excluding hydrogens is 601 g/mol. The second-order valence-corrected chi connectivity index (χ2v) is 7.83. The molecule has 166 valence electrons. The van der Waals surface area contributed by atoms with E-state index in [4.69, 9.17) is 4.74 Å². The van der Waals surface area contributed by atoms with E-state index in [1.54, 1.807) is 6.20 Å². The van der Waals surface area contributed by atoms with Crippen LogP contribution in [-0.4, -0.2) is 14.5 Å². The summed E-state index contributed by atoms with van der Waals surface area (Å²) in [5.74, 6) is 2.07. The number of hydrogen-bond acceptors (Lipinski definition) is 3. The van der Waals surface area contributed by atoms with Crippen LogP contribution in [0.15, 0.2) is 97.3 Å².